The number of hydrogen-bond donors (Lipinski definition) is 0. The number of carbonyl (C=O) groups excluding carboxylic acids is 1. The van der Waals surface area contributed by atoms with Gasteiger partial charge in [0.15, 0.2) is 11.5 Å². The molecule has 0 spiro atoms. The number of carbonyl (C=O) groups is 1. The van der Waals surface area contributed by atoms with Gasteiger partial charge in [-0.3, -0.25) is 9.78 Å². The van der Waals surface area contributed by atoms with Crippen LogP contribution in [0.2, 0.25) is 5.02 Å². The first-order valence-corrected chi connectivity index (χ1v) is 9.01. The molecule has 0 saturated carbocycles. The molecule has 5 nitrogen and oxygen atoms in total. The van der Waals surface area contributed by atoms with Gasteiger partial charge in [-0.25, -0.2) is 4.39 Å². The van der Waals surface area contributed by atoms with Gasteiger partial charge >= 0.3 is 0 Å². The third-order valence-electron chi connectivity index (χ3n) is 4.36. The average molecular weight is 399 g/mol. The number of benzene rings is 2. The van der Waals surface area contributed by atoms with E-state index >= 15 is 0 Å². The smallest absolute Gasteiger partial charge is 0.273 e. The Morgan fingerprint density at radius 3 is 2.71 bits per heavy atom. The second-order valence-corrected chi connectivity index (χ2v) is 6.71. The van der Waals surface area contributed by atoms with Gasteiger partial charge in [-0.2, -0.15) is 0 Å². The van der Waals surface area contributed by atoms with Crippen LogP contribution in [0, 0.1) is 5.82 Å². The van der Waals surface area contributed by atoms with E-state index < -0.39 is 5.82 Å². The zero-order valence-corrected chi connectivity index (χ0v) is 15.5. The highest BCUT2D eigenvalue weighted by Crippen LogP contribution is 2.33. The summed E-state index contributed by atoms with van der Waals surface area (Å²) in [7, 11) is 0. The van der Waals surface area contributed by atoms with Crippen LogP contribution in [0.15, 0.2) is 60.8 Å². The van der Waals surface area contributed by atoms with E-state index in [1.54, 1.807) is 35.4 Å². The van der Waals surface area contributed by atoms with Crippen molar-refractivity contribution in [3.8, 4) is 11.5 Å². The molecule has 0 atom stereocenters. The molecule has 3 aromatic rings. The zero-order chi connectivity index (χ0) is 19.5. The molecule has 1 aromatic heterocycles. The SMILES string of the molecule is O=C(c1ccccn1)N(Cc1ccc2c(c1)OCO2)Cc1ccc(F)cc1Cl. The standard InChI is InChI=1S/C21H16ClFN2O3/c22-17-10-16(23)6-5-15(17)12-25(21(26)18-3-1-2-8-24-18)11-14-4-7-19-20(9-14)28-13-27-19/h1-10H,11-13H2. The molecule has 0 fully saturated rings. The lowest BCUT2D eigenvalue weighted by Gasteiger charge is -2.23. The van der Waals surface area contributed by atoms with Crippen LogP contribution in [0.1, 0.15) is 21.6 Å². The molecular weight excluding hydrogens is 383 g/mol. The van der Waals surface area contributed by atoms with Crippen LogP contribution in [-0.2, 0) is 13.1 Å². The number of pyridine rings is 1. The van der Waals surface area contributed by atoms with Crippen LogP contribution in [0.4, 0.5) is 4.39 Å². The van der Waals surface area contributed by atoms with E-state index in [4.69, 9.17) is 21.1 Å². The lowest BCUT2D eigenvalue weighted by Crippen LogP contribution is -2.30. The third-order valence-corrected chi connectivity index (χ3v) is 4.71. The Bertz CT molecular complexity index is 1010. The minimum atomic E-state index is -0.424. The highest BCUT2D eigenvalue weighted by molar-refractivity contribution is 6.31. The van der Waals surface area contributed by atoms with E-state index in [2.05, 4.69) is 4.98 Å². The topological polar surface area (TPSA) is 51.7 Å². The maximum atomic E-state index is 13.4. The molecule has 142 valence electrons. The number of rotatable bonds is 5. The fourth-order valence-electron chi connectivity index (χ4n) is 2.97. The molecule has 0 radical (unpaired) electrons. The minimum Gasteiger partial charge on any atom is -0.454 e. The van der Waals surface area contributed by atoms with E-state index in [1.807, 2.05) is 18.2 Å². The van der Waals surface area contributed by atoms with Gasteiger partial charge in [0, 0.05) is 24.3 Å². The summed E-state index contributed by atoms with van der Waals surface area (Å²) < 4.78 is 24.1. The molecule has 1 amide bonds. The Morgan fingerprint density at radius 1 is 1.07 bits per heavy atom. The summed E-state index contributed by atoms with van der Waals surface area (Å²) in [5, 5.41) is 0.268. The van der Waals surface area contributed by atoms with Crippen molar-refractivity contribution in [2.45, 2.75) is 13.1 Å². The van der Waals surface area contributed by atoms with E-state index in [9.17, 15) is 9.18 Å². The van der Waals surface area contributed by atoms with Crippen LogP contribution >= 0.6 is 11.6 Å². The molecule has 2 heterocycles. The van der Waals surface area contributed by atoms with Crippen molar-refractivity contribution in [1.29, 1.82) is 0 Å². The van der Waals surface area contributed by atoms with Gasteiger partial charge in [0.25, 0.3) is 5.91 Å². The number of fused-ring (bicyclic) bond motifs is 1. The van der Waals surface area contributed by atoms with Gasteiger partial charge in [-0.05, 0) is 47.5 Å². The maximum Gasteiger partial charge on any atom is 0.273 e. The van der Waals surface area contributed by atoms with Gasteiger partial charge in [0.1, 0.15) is 11.5 Å². The Morgan fingerprint density at radius 2 is 1.93 bits per heavy atom. The average Bonchev–Trinajstić information content (AvgIpc) is 3.17. The summed E-state index contributed by atoms with van der Waals surface area (Å²) in [5.74, 6) is 0.640. The van der Waals surface area contributed by atoms with Crippen molar-refractivity contribution in [3.05, 3.63) is 88.5 Å². The highest BCUT2D eigenvalue weighted by Gasteiger charge is 2.21. The quantitative estimate of drug-likeness (QED) is 0.637. The number of aromatic nitrogens is 1. The summed E-state index contributed by atoms with van der Waals surface area (Å²) >= 11 is 6.17. The molecule has 0 unspecified atom stereocenters. The molecule has 1 aliphatic rings. The molecule has 0 aliphatic carbocycles. The zero-order valence-electron chi connectivity index (χ0n) is 14.8. The number of ether oxygens (including phenoxy) is 2. The van der Waals surface area contributed by atoms with E-state index in [1.165, 1.54) is 12.1 Å². The summed E-state index contributed by atoms with van der Waals surface area (Å²) in [6.45, 7) is 0.698. The van der Waals surface area contributed by atoms with Crippen LogP contribution in [0.25, 0.3) is 0 Å². The molecular formula is C21H16ClFN2O3. The first-order valence-electron chi connectivity index (χ1n) is 8.63. The Hall–Kier alpha value is -3.12. The minimum absolute atomic E-state index is 0.181. The molecule has 28 heavy (non-hydrogen) atoms. The van der Waals surface area contributed by atoms with E-state index in [0.717, 1.165) is 5.56 Å². The highest BCUT2D eigenvalue weighted by atomic mass is 35.5. The predicted molar refractivity (Wildman–Crippen MR) is 102 cm³/mol. The van der Waals surface area contributed by atoms with E-state index in [-0.39, 0.29) is 24.3 Å². The monoisotopic (exact) mass is 398 g/mol. The Balaban J connectivity index is 1.63. The molecule has 7 heteroatoms. The van der Waals surface area contributed by atoms with Crippen LogP contribution in [-0.4, -0.2) is 22.6 Å². The Labute approximate surface area is 166 Å². The summed E-state index contributed by atoms with van der Waals surface area (Å²) in [6.07, 6.45) is 1.57. The van der Waals surface area contributed by atoms with Crippen molar-refractivity contribution in [1.82, 2.24) is 9.88 Å². The largest absolute Gasteiger partial charge is 0.454 e. The molecule has 0 N–H and O–H groups in total. The number of nitrogens with zero attached hydrogens (tertiary/aromatic N) is 2. The first kappa shape index (κ1) is 18.3. The lowest BCUT2D eigenvalue weighted by atomic mass is 10.1. The second-order valence-electron chi connectivity index (χ2n) is 6.30. The van der Waals surface area contributed by atoms with Gasteiger partial charge < -0.3 is 14.4 Å². The predicted octanol–water partition coefficient (Wildman–Crippen LogP) is 4.45. The van der Waals surface area contributed by atoms with Crippen LogP contribution < -0.4 is 9.47 Å². The fourth-order valence-corrected chi connectivity index (χ4v) is 3.19. The second kappa shape index (κ2) is 7.86. The lowest BCUT2D eigenvalue weighted by molar-refractivity contribution is 0.0724. The van der Waals surface area contributed by atoms with Gasteiger partial charge in [-0.15, -0.1) is 0 Å². The molecule has 2 aromatic carbocycles. The van der Waals surface area contributed by atoms with Crippen molar-refractivity contribution in [2.75, 3.05) is 6.79 Å². The van der Waals surface area contributed by atoms with Gasteiger partial charge in [-0.1, -0.05) is 29.8 Å². The molecule has 0 bridgehead atoms. The third kappa shape index (κ3) is 3.92. The van der Waals surface area contributed by atoms with Crippen LogP contribution in [0.3, 0.4) is 0 Å². The summed E-state index contributed by atoms with van der Waals surface area (Å²) in [6, 6.07) is 14.8. The first-order chi connectivity index (χ1) is 13.6. The van der Waals surface area contributed by atoms with Crippen molar-refractivity contribution in [3.63, 3.8) is 0 Å². The normalized spacial score (nSPS) is 12.1. The summed E-state index contributed by atoms with van der Waals surface area (Å²) in [4.78, 5) is 18.8. The van der Waals surface area contributed by atoms with Crippen molar-refractivity contribution in [2.24, 2.45) is 0 Å². The van der Waals surface area contributed by atoms with Crippen LogP contribution in [0.5, 0.6) is 11.5 Å². The molecule has 0 saturated heterocycles. The molecule has 4 rings (SSSR count). The Kier molecular flexibility index (Phi) is 5.12. The van der Waals surface area contributed by atoms with Crippen molar-refractivity contribution >= 4 is 17.5 Å². The van der Waals surface area contributed by atoms with Crippen molar-refractivity contribution < 1.29 is 18.7 Å². The fraction of sp³-hybridized carbons (Fsp3) is 0.143. The molecule has 1 aliphatic heterocycles. The summed E-state index contributed by atoms with van der Waals surface area (Å²) in [5.41, 5.74) is 1.83. The van der Waals surface area contributed by atoms with E-state index in [0.29, 0.717) is 29.3 Å². The number of halogens is 2. The van der Waals surface area contributed by atoms with Gasteiger partial charge in [0.05, 0.1) is 0 Å². The number of amides is 1. The van der Waals surface area contributed by atoms with Gasteiger partial charge in [0.2, 0.25) is 6.79 Å². The number of hydrogen-bond acceptors (Lipinski definition) is 4. The maximum absolute atomic E-state index is 13.4.